The summed E-state index contributed by atoms with van der Waals surface area (Å²) < 4.78 is 0. The average molecular weight is 270 g/mol. The van der Waals surface area contributed by atoms with Gasteiger partial charge in [-0.3, -0.25) is 9.80 Å². The van der Waals surface area contributed by atoms with E-state index in [4.69, 9.17) is 0 Å². The standard InChI is InChI=1S/C15H34N4/c1-6-15(13-16-14(2)3)19-11-9-18(10-12-19)8-7-17(4)5/h14-16H,6-13H2,1-5H3. The van der Waals surface area contributed by atoms with Crippen molar-refractivity contribution in [3.63, 3.8) is 0 Å². The summed E-state index contributed by atoms with van der Waals surface area (Å²) in [4.78, 5) is 7.54. The first-order valence-electron chi connectivity index (χ1n) is 7.87. The van der Waals surface area contributed by atoms with Crippen molar-refractivity contribution in [3.05, 3.63) is 0 Å². The Morgan fingerprint density at radius 1 is 1.11 bits per heavy atom. The van der Waals surface area contributed by atoms with Crippen molar-refractivity contribution in [1.29, 1.82) is 0 Å². The minimum Gasteiger partial charge on any atom is -0.313 e. The third-order valence-corrected chi connectivity index (χ3v) is 4.02. The fourth-order valence-corrected chi connectivity index (χ4v) is 2.60. The fourth-order valence-electron chi connectivity index (χ4n) is 2.60. The maximum absolute atomic E-state index is 3.58. The van der Waals surface area contributed by atoms with Crippen molar-refractivity contribution in [1.82, 2.24) is 20.0 Å². The second-order valence-electron chi connectivity index (χ2n) is 6.31. The van der Waals surface area contributed by atoms with E-state index in [1.807, 2.05) is 0 Å². The van der Waals surface area contributed by atoms with Gasteiger partial charge in [0.25, 0.3) is 0 Å². The number of nitrogens with one attached hydrogen (secondary N) is 1. The van der Waals surface area contributed by atoms with Gasteiger partial charge in [0.15, 0.2) is 0 Å². The predicted octanol–water partition coefficient (Wildman–Crippen LogP) is 0.942. The first kappa shape index (κ1) is 16.9. The van der Waals surface area contributed by atoms with E-state index in [2.05, 4.69) is 54.9 Å². The van der Waals surface area contributed by atoms with Crippen LogP contribution in [0.2, 0.25) is 0 Å². The van der Waals surface area contributed by atoms with Crippen LogP contribution in [0.1, 0.15) is 27.2 Å². The third-order valence-electron chi connectivity index (χ3n) is 4.02. The van der Waals surface area contributed by atoms with Crippen LogP contribution in [0.25, 0.3) is 0 Å². The molecule has 4 heteroatoms. The lowest BCUT2D eigenvalue weighted by Crippen LogP contribution is -2.53. The zero-order chi connectivity index (χ0) is 14.3. The molecule has 4 nitrogen and oxygen atoms in total. The second-order valence-corrected chi connectivity index (χ2v) is 6.31. The Morgan fingerprint density at radius 3 is 2.21 bits per heavy atom. The van der Waals surface area contributed by atoms with E-state index >= 15 is 0 Å². The van der Waals surface area contributed by atoms with Crippen molar-refractivity contribution in [3.8, 4) is 0 Å². The molecule has 0 radical (unpaired) electrons. The minimum absolute atomic E-state index is 0.593. The predicted molar refractivity (Wildman–Crippen MR) is 83.8 cm³/mol. The lowest BCUT2D eigenvalue weighted by atomic mass is 10.1. The Bertz CT molecular complexity index is 222. The van der Waals surface area contributed by atoms with Crippen molar-refractivity contribution < 1.29 is 0 Å². The lowest BCUT2D eigenvalue weighted by Gasteiger charge is -2.39. The molecule has 0 bridgehead atoms. The Kier molecular flexibility index (Phi) is 7.91. The first-order chi connectivity index (χ1) is 9.02. The number of hydrogen-bond acceptors (Lipinski definition) is 4. The maximum Gasteiger partial charge on any atom is 0.0219 e. The molecule has 0 aromatic rings. The molecule has 19 heavy (non-hydrogen) atoms. The van der Waals surface area contributed by atoms with Gasteiger partial charge in [-0.05, 0) is 20.5 Å². The zero-order valence-electron chi connectivity index (χ0n) is 13.7. The molecule has 0 aromatic heterocycles. The summed E-state index contributed by atoms with van der Waals surface area (Å²) >= 11 is 0. The van der Waals surface area contributed by atoms with Crippen LogP contribution in [0.3, 0.4) is 0 Å². The summed E-state index contributed by atoms with van der Waals surface area (Å²) in [6.07, 6.45) is 1.25. The molecule has 1 aliphatic rings. The van der Waals surface area contributed by atoms with Crippen LogP contribution in [0.4, 0.5) is 0 Å². The van der Waals surface area contributed by atoms with E-state index < -0.39 is 0 Å². The number of rotatable bonds is 8. The van der Waals surface area contributed by atoms with Crippen molar-refractivity contribution in [2.24, 2.45) is 0 Å². The molecular formula is C15H34N4. The molecule has 0 saturated carbocycles. The highest BCUT2D eigenvalue weighted by molar-refractivity contribution is 4.80. The summed E-state index contributed by atoms with van der Waals surface area (Å²) in [7, 11) is 4.31. The molecule has 114 valence electrons. The van der Waals surface area contributed by atoms with Crippen LogP contribution in [-0.4, -0.2) is 86.7 Å². The van der Waals surface area contributed by atoms with Crippen LogP contribution in [0.5, 0.6) is 0 Å². The van der Waals surface area contributed by atoms with Gasteiger partial charge in [-0.1, -0.05) is 20.8 Å². The molecule has 1 aliphatic heterocycles. The topological polar surface area (TPSA) is 21.8 Å². The van der Waals surface area contributed by atoms with E-state index in [9.17, 15) is 0 Å². The number of hydrogen-bond donors (Lipinski definition) is 1. The highest BCUT2D eigenvalue weighted by atomic mass is 15.3. The fraction of sp³-hybridized carbons (Fsp3) is 1.00. The van der Waals surface area contributed by atoms with E-state index in [-0.39, 0.29) is 0 Å². The molecule has 1 saturated heterocycles. The van der Waals surface area contributed by atoms with Crippen LogP contribution < -0.4 is 5.32 Å². The Labute approximate surface area is 120 Å². The first-order valence-corrected chi connectivity index (χ1v) is 7.87. The molecule has 1 fully saturated rings. The third kappa shape index (κ3) is 6.70. The Morgan fingerprint density at radius 2 is 1.74 bits per heavy atom. The summed E-state index contributed by atoms with van der Waals surface area (Å²) in [5.74, 6) is 0. The SMILES string of the molecule is CCC(CNC(C)C)N1CCN(CCN(C)C)CC1. The molecule has 1 unspecified atom stereocenters. The number of nitrogens with zero attached hydrogens (tertiary/aromatic N) is 3. The second kappa shape index (κ2) is 8.90. The van der Waals surface area contributed by atoms with Crippen molar-refractivity contribution >= 4 is 0 Å². The monoisotopic (exact) mass is 270 g/mol. The molecule has 0 amide bonds. The maximum atomic E-state index is 3.58. The van der Waals surface area contributed by atoms with Gasteiger partial charge in [-0.15, -0.1) is 0 Å². The normalized spacial score (nSPS) is 20.4. The van der Waals surface area contributed by atoms with Crippen LogP contribution >= 0.6 is 0 Å². The summed E-state index contributed by atoms with van der Waals surface area (Å²) in [6.45, 7) is 15.2. The number of piperazine rings is 1. The largest absolute Gasteiger partial charge is 0.313 e. The van der Waals surface area contributed by atoms with Gasteiger partial charge in [0.05, 0.1) is 0 Å². The van der Waals surface area contributed by atoms with Gasteiger partial charge < -0.3 is 10.2 Å². The van der Waals surface area contributed by atoms with E-state index in [0.717, 1.165) is 6.54 Å². The highest BCUT2D eigenvalue weighted by Crippen LogP contribution is 2.09. The highest BCUT2D eigenvalue weighted by Gasteiger charge is 2.22. The van der Waals surface area contributed by atoms with Gasteiger partial charge >= 0.3 is 0 Å². The van der Waals surface area contributed by atoms with E-state index in [0.29, 0.717) is 12.1 Å². The minimum atomic E-state index is 0.593. The molecule has 0 spiro atoms. The van der Waals surface area contributed by atoms with Crippen molar-refractivity contribution in [2.75, 3.05) is 59.9 Å². The average Bonchev–Trinajstić information content (AvgIpc) is 2.38. The van der Waals surface area contributed by atoms with E-state index in [1.54, 1.807) is 0 Å². The van der Waals surface area contributed by atoms with Crippen LogP contribution in [0.15, 0.2) is 0 Å². The van der Waals surface area contributed by atoms with Crippen molar-refractivity contribution in [2.45, 2.75) is 39.3 Å². The van der Waals surface area contributed by atoms with Gasteiger partial charge in [0, 0.05) is 57.9 Å². The molecular weight excluding hydrogens is 236 g/mol. The molecule has 1 rings (SSSR count). The Hall–Kier alpha value is -0.160. The molecule has 0 aliphatic carbocycles. The zero-order valence-corrected chi connectivity index (χ0v) is 13.7. The lowest BCUT2D eigenvalue weighted by molar-refractivity contribution is 0.0884. The smallest absolute Gasteiger partial charge is 0.0219 e. The van der Waals surface area contributed by atoms with E-state index in [1.165, 1.54) is 45.7 Å². The van der Waals surface area contributed by atoms with Crippen LogP contribution in [-0.2, 0) is 0 Å². The van der Waals surface area contributed by atoms with Gasteiger partial charge in [0.2, 0.25) is 0 Å². The summed E-state index contributed by atoms with van der Waals surface area (Å²) in [6, 6.07) is 1.30. The van der Waals surface area contributed by atoms with Gasteiger partial charge in [0.1, 0.15) is 0 Å². The molecule has 1 N–H and O–H groups in total. The van der Waals surface area contributed by atoms with Gasteiger partial charge in [-0.2, -0.15) is 0 Å². The van der Waals surface area contributed by atoms with Gasteiger partial charge in [-0.25, -0.2) is 0 Å². The van der Waals surface area contributed by atoms with Crippen LogP contribution in [0, 0.1) is 0 Å². The molecule has 1 heterocycles. The molecule has 1 atom stereocenters. The summed E-state index contributed by atoms with van der Waals surface area (Å²) in [5, 5.41) is 3.58. The molecule has 0 aromatic carbocycles. The quantitative estimate of drug-likeness (QED) is 0.709. The Balaban J connectivity index is 2.26. The summed E-state index contributed by atoms with van der Waals surface area (Å²) in [5.41, 5.74) is 0. The number of likely N-dealkylation sites (N-methyl/N-ethyl adjacent to an activating group) is 1.